The lowest BCUT2D eigenvalue weighted by Crippen LogP contribution is -2.41. The first kappa shape index (κ1) is 13.8. The predicted octanol–water partition coefficient (Wildman–Crippen LogP) is 1.66. The molecule has 20 heavy (non-hydrogen) atoms. The lowest BCUT2D eigenvalue weighted by atomic mass is 10.1. The third kappa shape index (κ3) is 2.42. The Morgan fingerprint density at radius 1 is 1.40 bits per heavy atom. The molecule has 1 aromatic rings. The largest absolute Gasteiger partial charge is 0.472 e. The van der Waals surface area contributed by atoms with Gasteiger partial charge in [0.05, 0.1) is 11.8 Å². The van der Waals surface area contributed by atoms with E-state index in [2.05, 4.69) is 4.98 Å². The standard InChI is InChI=1S/C14H20N2O3S/c1-2-9-20(17,18)16-10-11-6-7-12(16)14(11)19-13-5-3-4-8-15-13/h3-5,8,11-12,14H,2,6-7,9-10H2,1H3/t11-,12+,14-/m1/s1. The van der Waals surface area contributed by atoms with Crippen LogP contribution in [-0.2, 0) is 10.0 Å². The fraction of sp³-hybridized carbons (Fsp3) is 0.643. The van der Waals surface area contributed by atoms with Gasteiger partial charge in [-0.2, -0.15) is 4.31 Å². The molecule has 2 fully saturated rings. The van der Waals surface area contributed by atoms with Gasteiger partial charge in [0, 0.05) is 24.7 Å². The molecule has 0 spiro atoms. The molecule has 3 rings (SSSR count). The highest BCUT2D eigenvalue weighted by Gasteiger charge is 2.52. The van der Waals surface area contributed by atoms with E-state index in [9.17, 15) is 8.42 Å². The number of fused-ring (bicyclic) bond motifs is 2. The Morgan fingerprint density at radius 3 is 2.95 bits per heavy atom. The van der Waals surface area contributed by atoms with E-state index in [0.717, 1.165) is 12.8 Å². The third-order valence-electron chi connectivity index (χ3n) is 4.18. The van der Waals surface area contributed by atoms with Gasteiger partial charge in [0.2, 0.25) is 15.9 Å². The van der Waals surface area contributed by atoms with Gasteiger partial charge in [-0.3, -0.25) is 0 Å². The van der Waals surface area contributed by atoms with E-state index in [1.54, 1.807) is 10.5 Å². The molecule has 1 aromatic heterocycles. The van der Waals surface area contributed by atoms with Crippen molar-refractivity contribution in [2.75, 3.05) is 12.3 Å². The summed E-state index contributed by atoms with van der Waals surface area (Å²) in [5.41, 5.74) is 0. The summed E-state index contributed by atoms with van der Waals surface area (Å²) in [5.74, 6) is 1.12. The summed E-state index contributed by atoms with van der Waals surface area (Å²) < 4.78 is 32.2. The lowest BCUT2D eigenvalue weighted by Gasteiger charge is -2.26. The molecule has 0 amide bonds. The van der Waals surface area contributed by atoms with Gasteiger partial charge in [-0.15, -0.1) is 0 Å². The van der Waals surface area contributed by atoms with Crippen LogP contribution in [0.5, 0.6) is 5.88 Å². The molecule has 0 unspecified atom stereocenters. The van der Waals surface area contributed by atoms with E-state index >= 15 is 0 Å². The fourth-order valence-corrected chi connectivity index (χ4v) is 5.13. The summed E-state index contributed by atoms with van der Waals surface area (Å²) in [6.07, 6.45) is 4.24. The molecule has 0 radical (unpaired) electrons. The highest BCUT2D eigenvalue weighted by atomic mass is 32.2. The number of rotatable bonds is 5. The number of pyridine rings is 1. The maximum atomic E-state index is 12.3. The summed E-state index contributed by atoms with van der Waals surface area (Å²) in [4.78, 5) is 4.17. The molecule has 3 atom stereocenters. The quantitative estimate of drug-likeness (QED) is 0.829. The van der Waals surface area contributed by atoms with E-state index in [1.807, 2.05) is 25.1 Å². The minimum atomic E-state index is -3.13. The van der Waals surface area contributed by atoms with Crippen molar-refractivity contribution in [3.8, 4) is 5.88 Å². The van der Waals surface area contributed by atoms with Crippen molar-refractivity contribution in [1.29, 1.82) is 0 Å². The summed E-state index contributed by atoms with van der Waals surface area (Å²) in [5, 5.41) is 0. The maximum Gasteiger partial charge on any atom is 0.214 e. The molecule has 1 aliphatic carbocycles. The van der Waals surface area contributed by atoms with Crippen molar-refractivity contribution in [3.05, 3.63) is 24.4 Å². The van der Waals surface area contributed by atoms with Crippen LogP contribution in [0.15, 0.2) is 24.4 Å². The zero-order valence-corrected chi connectivity index (χ0v) is 12.4. The Hall–Kier alpha value is -1.14. The van der Waals surface area contributed by atoms with E-state index in [4.69, 9.17) is 4.74 Å². The van der Waals surface area contributed by atoms with E-state index < -0.39 is 10.0 Å². The van der Waals surface area contributed by atoms with Crippen molar-refractivity contribution in [2.24, 2.45) is 5.92 Å². The first-order chi connectivity index (χ1) is 9.62. The molecule has 1 saturated heterocycles. The Balaban J connectivity index is 1.76. The molecule has 5 nitrogen and oxygen atoms in total. The van der Waals surface area contributed by atoms with Crippen molar-refractivity contribution >= 4 is 10.0 Å². The summed E-state index contributed by atoms with van der Waals surface area (Å²) in [6, 6.07) is 5.53. The van der Waals surface area contributed by atoms with Gasteiger partial charge >= 0.3 is 0 Å². The molecule has 1 aliphatic heterocycles. The number of sulfonamides is 1. The first-order valence-electron chi connectivity index (χ1n) is 7.19. The number of piperidine rings is 1. The van der Waals surface area contributed by atoms with Gasteiger partial charge in [-0.25, -0.2) is 13.4 Å². The van der Waals surface area contributed by atoms with Crippen LogP contribution in [0.2, 0.25) is 0 Å². The minimum Gasteiger partial charge on any atom is -0.472 e. The van der Waals surface area contributed by atoms with Crippen LogP contribution >= 0.6 is 0 Å². The van der Waals surface area contributed by atoms with Gasteiger partial charge in [0.25, 0.3) is 0 Å². The molecular formula is C14H20N2O3S. The molecular weight excluding hydrogens is 276 g/mol. The molecule has 0 aromatic carbocycles. The number of nitrogens with zero attached hydrogens (tertiary/aromatic N) is 2. The number of hydrogen-bond acceptors (Lipinski definition) is 4. The van der Waals surface area contributed by atoms with Crippen molar-refractivity contribution in [1.82, 2.24) is 9.29 Å². The minimum absolute atomic E-state index is 0.0152. The van der Waals surface area contributed by atoms with Gasteiger partial charge < -0.3 is 4.74 Å². The second kappa shape index (κ2) is 5.33. The topological polar surface area (TPSA) is 59.5 Å². The molecule has 2 heterocycles. The van der Waals surface area contributed by atoms with Crippen molar-refractivity contribution in [3.63, 3.8) is 0 Å². The smallest absolute Gasteiger partial charge is 0.214 e. The molecule has 2 aliphatic rings. The van der Waals surface area contributed by atoms with Gasteiger partial charge in [-0.1, -0.05) is 13.0 Å². The predicted molar refractivity (Wildman–Crippen MR) is 75.9 cm³/mol. The highest BCUT2D eigenvalue weighted by molar-refractivity contribution is 7.89. The second-order valence-electron chi connectivity index (χ2n) is 5.54. The summed E-state index contributed by atoms with van der Waals surface area (Å²) >= 11 is 0. The molecule has 2 bridgehead atoms. The van der Waals surface area contributed by atoms with E-state index in [1.165, 1.54) is 0 Å². The number of hydrogen-bond donors (Lipinski definition) is 0. The Bertz CT molecular complexity index is 561. The summed E-state index contributed by atoms with van der Waals surface area (Å²) in [6.45, 7) is 2.50. The van der Waals surface area contributed by atoms with Crippen LogP contribution < -0.4 is 4.74 Å². The average molecular weight is 296 g/mol. The zero-order valence-electron chi connectivity index (χ0n) is 11.6. The Labute approximate surface area is 120 Å². The van der Waals surface area contributed by atoms with E-state index in [0.29, 0.717) is 24.8 Å². The van der Waals surface area contributed by atoms with Crippen LogP contribution in [0.4, 0.5) is 0 Å². The monoisotopic (exact) mass is 296 g/mol. The highest BCUT2D eigenvalue weighted by Crippen LogP contribution is 2.41. The normalized spacial score (nSPS) is 29.8. The van der Waals surface area contributed by atoms with E-state index in [-0.39, 0.29) is 17.9 Å². The van der Waals surface area contributed by atoms with Crippen LogP contribution in [0.25, 0.3) is 0 Å². The van der Waals surface area contributed by atoms with Crippen LogP contribution in [0.3, 0.4) is 0 Å². The van der Waals surface area contributed by atoms with Gasteiger partial charge in [0.15, 0.2) is 0 Å². The Morgan fingerprint density at radius 2 is 2.25 bits per heavy atom. The SMILES string of the molecule is CCCS(=O)(=O)N1C[C@H]2CC[C@H]1[C@@H]2Oc1ccccn1. The number of aromatic nitrogens is 1. The van der Waals surface area contributed by atoms with Crippen molar-refractivity contribution < 1.29 is 13.2 Å². The fourth-order valence-electron chi connectivity index (χ4n) is 3.32. The summed E-state index contributed by atoms with van der Waals surface area (Å²) in [7, 11) is -3.13. The first-order valence-corrected chi connectivity index (χ1v) is 8.80. The third-order valence-corrected chi connectivity index (χ3v) is 6.23. The lowest BCUT2D eigenvalue weighted by molar-refractivity contribution is 0.161. The second-order valence-corrected chi connectivity index (χ2v) is 7.58. The van der Waals surface area contributed by atoms with Crippen LogP contribution in [-0.4, -0.2) is 42.2 Å². The van der Waals surface area contributed by atoms with Crippen LogP contribution in [0, 0.1) is 5.92 Å². The number of ether oxygens (including phenoxy) is 1. The maximum absolute atomic E-state index is 12.3. The Kier molecular flexibility index (Phi) is 3.69. The molecule has 1 saturated carbocycles. The average Bonchev–Trinajstić information content (AvgIpc) is 2.97. The van der Waals surface area contributed by atoms with Gasteiger partial charge in [0.1, 0.15) is 6.10 Å². The van der Waals surface area contributed by atoms with Crippen molar-refractivity contribution in [2.45, 2.75) is 38.3 Å². The zero-order chi connectivity index (χ0) is 14.2. The molecule has 110 valence electrons. The van der Waals surface area contributed by atoms with Gasteiger partial charge in [-0.05, 0) is 25.3 Å². The van der Waals surface area contributed by atoms with Crippen LogP contribution in [0.1, 0.15) is 26.2 Å². The molecule has 0 N–H and O–H groups in total. The molecule has 6 heteroatoms.